The number of nitriles is 1. The molecule has 0 heterocycles. The van der Waals surface area contributed by atoms with E-state index >= 15 is 0 Å². The van der Waals surface area contributed by atoms with E-state index in [1.54, 1.807) is 0 Å². The van der Waals surface area contributed by atoms with Crippen LogP contribution in [0, 0.1) is 16.7 Å². The molecule has 1 unspecified atom stereocenters. The molecule has 0 bridgehead atoms. The van der Waals surface area contributed by atoms with Gasteiger partial charge in [0.25, 0.3) is 0 Å². The topological polar surface area (TPSA) is 42.2 Å². The highest BCUT2D eigenvalue weighted by atomic mass is 32.2. The van der Waals surface area contributed by atoms with Crippen LogP contribution in [0.5, 0.6) is 0 Å². The summed E-state index contributed by atoms with van der Waals surface area (Å²) in [6, 6.07) is 2.23. The Morgan fingerprint density at radius 1 is 1.31 bits per heavy atom. The van der Waals surface area contributed by atoms with Crippen molar-refractivity contribution in [2.24, 2.45) is 5.41 Å². The summed E-state index contributed by atoms with van der Waals surface area (Å²) in [4.78, 5) is 0. The molecule has 4 radical (unpaired) electrons. The van der Waals surface area contributed by atoms with Gasteiger partial charge in [-0.25, -0.2) is 0 Å². The zero-order valence-electron chi connectivity index (χ0n) is 9.64. The molecule has 3 nitrogen and oxygen atoms in total. The van der Waals surface area contributed by atoms with Crippen LogP contribution in [0.3, 0.4) is 0 Å². The molecule has 0 fully saturated rings. The second-order valence-electron chi connectivity index (χ2n) is 3.60. The highest BCUT2D eigenvalue weighted by Crippen LogP contribution is 2.28. The van der Waals surface area contributed by atoms with Crippen molar-refractivity contribution in [2.75, 3.05) is 17.9 Å². The van der Waals surface area contributed by atoms with Gasteiger partial charge in [-0.05, 0) is 49.2 Å². The number of rotatable bonds is 9. The summed E-state index contributed by atoms with van der Waals surface area (Å²) in [5.41, 5.74) is 0.236. The Kier molecular flexibility index (Phi) is 9.43. The first-order valence-corrected chi connectivity index (χ1v) is 6.74. The fraction of sp³-hybridized carbons (Fsp3) is 0.889. The van der Waals surface area contributed by atoms with Gasteiger partial charge in [0.15, 0.2) is 0 Å². The number of hydrogen-bond donors (Lipinski definition) is 0. The van der Waals surface area contributed by atoms with E-state index in [0.29, 0.717) is 24.3 Å². The van der Waals surface area contributed by atoms with E-state index in [1.807, 2.05) is 13.8 Å². The molecule has 0 aliphatic carbocycles. The summed E-state index contributed by atoms with van der Waals surface area (Å²) < 4.78 is 10.7. The average Bonchev–Trinajstić information content (AvgIpc) is 2.28. The first kappa shape index (κ1) is 16.2. The van der Waals surface area contributed by atoms with Crippen LogP contribution in [0.25, 0.3) is 0 Å². The Balaban J connectivity index is 4.06. The second kappa shape index (κ2) is 9.29. The summed E-state index contributed by atoms with van der Waals surface area (Å²) in [6.45, 7) is 4.18. The van der Waals surface area contributed by atoms with E-state index in [9.17, 15) is 0 Å². The minimum Gasteiger partial charge on any atom is -0.316 e. The lowest BCUT2D eigenvalue weighted by molar-refractivity contribution is 0.112. The van der Waals surface area contributed by atoms with Crippen molar-refractivity contribution >= 4 is 39.8 Å². The Bertz CT molecular complexity index is 224. The fourth-order valence-corrected chi connectivity index (χ4v) is 1.87. The molecule has 0 spiro atoms. The van der Waals surface area contributed by atoms with Gasteiger partial charge in [0.05, 0.1) is 39.9 Å². The van der Waals surface area contributed by atoms with Crippen molar-refractivity contribution in [3.8, 4) is 6.07 Å². The van der Waals surface area contributed by atoms with Crippen LogP contribution in [0.15, 0.2) is 0 Å². The molecular formula is C9H15B2NO2S2. The number of hydrogen-bond acceptors (Lipinski definition) is 5. The Morgan fingerprint density at radius 2 is 1.94 bits per heavy atom. The highest BCUT2D eigenvalue weighted by Gasteiger charge is 2.30. The average molecular weight is 255 g/mol. The van der Waals surface area contributed by atoms with Gasteiger partial charge >= 0.3 is 0 Å². The van der Waals surface area contributed by atoms with Gasteiger partial charge in [0.2, 0.25) is 0 Å². The van der Waals surface area contributed by atoms with E-state index in [0.717, 1.165) is 12.0 Å². The van der Waals surface area contributed by atoms with Crippen LogP contribution in [0.2, 0.25) is 0 Å². The lowest BCUT2D eigenvalue weighted by Gasteiger charge is -2.26. The molecule has 0 saturated carbocycles. The quantitative estimate of drug-likeness (QED) is 0.357. The van der Waals surface area contributed by atoms with Crippen LogP contribution >= 0.6 is 24.1 Å². The standard InChI is InChI=1S/C9H15B2NO2S2/c1-9(2,5-12)8(14-16-7-11)3-4-13-15-6-10/h8H,3-4,6-7H2,1-2H3. The SMILES string of the molecule is [B]CSOCCC(OSC[B])C(C)(C)C#N. The van der Waals surface area contributed by atoms with Gasteiger partial charge in [0.1, 0.15) is 0 Å². The summed E-state index contributed by atoms with van der Waals surface area (Å²) in [6.07, 6.45) is 0.435. The maximum absolute atomic E-state index is 9.03. The van der Waals surface area contributed by atoms with Gasteiger partial charge in [-0.15, -0.1) is 0 Å². The van der Waals surface area contributed by atoms with Crippen molar-refractivity contribution in [3.63, 3.8) is 0 Å². The van der Waals surface area contributed by atoms with Crippen molar-refractivity contribution in [1.82, 2.24) is 0 Å². The third-order valence-electron chi connectivity index (χ3n) is 1.96. The first-order chi connectivity index (χ1) is 7.58. The van der Waals surface area contributed by atoms with Gasteiger partial charge in [-0.3, -0.25) is 0 Å². The smallest absolute Gasteiger partial charge is 0.0924 e. The van der Waals surface area contributed by atoms with Crippen LogP contribution in [-0.2, 0) is 8.37 Å². The molecule has 0 aliphatic heterocycles. The van der Waals surface area contributed by atoms with Crippen molar-refractivity contribution in [3.05, 3.63) is 0 Å². The van der Waals surface area contributed by atoms with Crippen molar-refractivity contribution in [2.45, 2.75) is 26.4 Å². The summed E-state index contributed by atoms with van der Waals surface area (Å²) in [7, 11) is 10.6. The molecule has 0 aromatic heterocycles. The third kappa shape index (κ3) is 6.74. The van der Waals surface area contributed by atoms with Crippen molar-refractivity contribution < 1.29 is 8.37 Å². The Hall–Kier alpha value is 0.240. The predicted molar refractivity (Wildman–Crippen MR) is 71.3 cm³/mol. The summed E-state index contributed by atoms with van der Waals surface area (Å²) >= 11 is 2.36. The minimum absolute atomic E-state index is 0.204. The third-order valence-corrected chi connectivity index (χ3v) is 2.93. The second-order valence-corrected chi connectivity index (χ2v) is 5.16. The van der Waals surface area contributed by atoms with Gasteiger partial charge in [-0.2, -0.15) is 5.26 Å². The molecule has 1 atom stereocenters. The first-order valence-electron chi connectivity index (χ1n) is 4.92. The molecule has 0 aliphatic rings. The van der Waals surface area contributed by atoms with E-state index in [2.05, 4.69) is 6.07 Å². The lowest BCUT2D eigenvalue weighted by Crippen LogP contribution is -2.30. The fourth-order valence-electron chi connectivity index (χ4n) is 0.985. The maximum atomic E-state index is 9.03. The molecular weight excluding hydrogens is 240 g/mol. The van der Waals surface area contributed by atoms with E-state index < -0.39 is 5.41 Å². The lowest BCUT2D eigenvalue weighted by atomic mass is 9.87. The van der Waals surface area contributed by atoms with E-state index in [-0.39, 0.29) is 6.10 Å². The molecule has 0 N–H and O–H groups in total. The van der Waals surface area contributed by atoms with Crippen molar-refractivity contribution in [1.29, 1.82) is 5.26 Å². The summed E-state index contributed by atoms with van der Waals surface area (Å²) in [5.74, 6) is 0. The van der Waals surface area contributed by atoms with Gasteiger partial charge in [0, 0.05) is 6.42 Å². The van der Waals surface area contributed by atoms with Gasteiger partial charge in [-0.1, -0.05) is 0 Å². The van der Waals surface area contributed by atoms with Gasteiger partial charge < -0.3 is 8.37 Å². The zero-order valence-corrected chi connectivity index (χ0v) is 11.3. The highest BCUT2D eigenvalue weighted by molar-refractivity contribution is 7.95. The maximum Gasteiger partial charge on any atom is 0.0924 e. The zero-order chi connectivity index (χ0) is 12.4. The van der Waals surface area contributed by atoms with Crippen LogP contribution < -0.4 is 0 Å². The molecule has 0 amide bonds. The van der Waals surface area contributed by atoms with E-state index in [1.165, 1.54) is 12.0 Å². The minimum atomic E-state index is -0.557. The molecule has 0 saturated heterocycles. The van der Waals surface area contributed by atoms with E-state index in [4.69, 9.17) is 29.3 Å². The molecule has 7 heteroatoms. The molecule has 16 heavy (non-hydrogen) atoms. The molecule has 86 valence electrons. The Labute approximate surface area is 109 Å². The van der Waals surface area contributed by atoms with Crippen LogP contribution in [0.1, 0.15) is 20.3 Å². The Morgan fingerprint density at radius 3 is 2.44 bits per heavy atom. The normalized spacial score (nSPS) is 13.3. The predicted octanol–water partition coefficient (Wildman–Crippen LogP) is 1.88. The van der Waals surface area contributed by atoms with Crippen LogP contribution in [-0.4, -0.2) is 39.7 Å². The molecule has 0 rings (SSSR count). The molecule has 0 aromatic carbocycles. The summed E-state index contributed by atoms with van der Waals surface area (Å²) in [5, 5.41) is 9.03. The van der Waals surface area contributed by atoms with Crippen LogP contribution in [0.4, 0.5) is 0 Å². The largest absolute Gasteiger partial charge is 0.316 e. The monoisotopic (exact) mass is 255 g/mol. The number of nitrogens with zero attached hydrogens (tertiary/aromatic N) is 1. The molecule has 0 aromatic rings.